The Morgan fingerprint density at radius 3 is 2.23 bits per heavy atom. The lowest BCUT2D eigenvalue weighted by Crippen LogP contribution is -2.46. The second-order valence-corrected chi connectivity index (χ2v) is 12.5. The summed E-state index contributed by atoms with van der Waals surface area (Å²) in [7, 11) is 0. The summed E-state index contributed by atoms with van der Waals surface area (Å²) < 4.78 is 32.8. The van der Waals surface area contributed by atoms with Gasteiger partial charge in [-0.25, -0.2) is 18.1 Å². The minimum absolute atomic E-state index is 0.00669. The fraction of sp³-hybridized carbons (Fsp3) is 0.586. The fourth-order valence-corrected chi connectivity index (χ4v) is 6.68. The molecule has 1 aromatic heterocycles. The fourth-order valence-electron chi connectivity index (χ4n) is 5.58. The third kappa shape index (κ3) is 7.26. The van der Waals surface area contributed by atoms with Gasteiger partial charge in [0.05, 0.1) is 6.10 Å². The number of anilines is 2. The molecule has 2 N–H and O–H groups in total. The number of piperazine rings is 1. The summed E-state index contributed by atoms with van der Waals surface area (Å²) in [5.41, 5.74) is 0.947. The van der Waals surface area contributed by atoms with Gasteiger partial charge in [-0.3, -0.25) is 4.79 Å². The van der Waals surface area contributed by atoms with Crippen molar-refractivity contribution in [3.63, 3.8) is 0 Å². The number of nitrogens with one attached hydrogen (secondary N) is 1. The van der Waals surface area contributed by atoms with Crippen molar-refractivity contribution in [2.75, 3.05) is 55.6 Å². The van der Waals surface area contributed by atoms with Gasteiger partial charge >= 0.3 is 0 Å². The number of pyridine rings is 1. The highest BCUT2D eigenvalue weighted by Gasteiger charge is 2.42. The first kappa shape index (κ1) is 29.5. The summed E-state index contributed by atoms with van der Waals surface area (Å²) >= 11 is 7.89. The Bertz CT molecular complexity index is 1140. The van der Waals surface area contributed by atoms with Crippen LogP contribution in [0.25, 0.3) is 0 Å². The highest BCUT2D eigenvalue weighted by atomic mass is 35.5. The zero-order chi connectivity index (χ0) is 28.1. The molecule has 6 rings (SSSR count). The van der Waals surface area contributed by atoms with Gasteiger partial charge in [-0.15, -0.1) is 0 Å². The summed E-state index contributed by atoms with van der Waals surface area (Å²) in [5.74, 6) is -2.78. The monoisotopic (exact) mass is 593 g/mol. The number of benzene rings is 1. The largest absolute Gasteiger partial charge is 0.390 e. The van der Waals surface area contributed by atoms with E-state index in [1.54, 1.807) is 18.0 Å². The number of alkyl halides is 2. The maximum Gasteiger partial charge on any atom is 0.276 e. The van der Waals surface area contributed by atoms with Gasteiger partial charge in [0.25, 0.3) is 5.92 Å². The van der Waals surface area contributed by atoms with E-state index < -0.39 is 11.8 Å². The average molecular weight is 594 g/mol. The predicted molar refractivity (Wildman–Crippen MR) is 156 cm³/mol. The van der Waals surface area contributed by atoms with Crippen LogP contribution in [0.4, 0.5) is 20.3 Å². The Kier molecular flexibility index (Phi) is 9.84. The molecule has 1 saturated carbocycles. The first-order valence-corrected chi connectivity index (χ1v) is 15.5. The van der Waals surface area contributed by atoms with E-state index in [9.17, 15) is 4.79 Å². The molecule has 3 aliphatic heterocycles. The molecule has 0 atom stereocenters. The number of rotatable bonds is 6. The van der Waals surface area contributed by atoms with Gasteiger partial charge in [0.2, 0.25) is 5.91 Å². The number of carbonyl (C=O) groups excluding carboxylic acids is 1. The lowest BCUT2D eigenvalue weighted by Gasteiger charge is -2.35. The van der Waals surface area contributed by atoms with Gasteiger partial charge < -0.3 is 20.2 Å². The minimum atomic E-state index is -2.88. The first-order chi connectivity index (χ1) is 19.3. The van der Waals surface area contributed by atoms with Gasteiger partial charge in [-0.05, 0) is 67.6 Å². The molecule has 218 valence electrons. The molecule has 3 saturated heterocycles. The number of hydrogen-bond donors (Lipinski definition) is 2. The van der Waals surface area contributed by atoms with Crippen LogP contribution in [0.1, 0.15) is 50.5 Å². The molecule has 0 radical (unpaired) electrons. The normalized spacial score (nSPS) is 21.2. The molecule has 4 fully saturated rings. The van der Waals surface area contributed by atoms with Crippen molar-refractivity contribution in [2.24, 2.45) is 5.92 Å². The summed E-state index contributed by atoms with van der Waals surface area (Å²) in [6.07, 6.45) is 5.40. The van der Waals surface area contributed by atoms with Crippen LogP contribution in [0.3, 0.4) is 0 Å². The number of β-amino-alcohol motifs (C(OH)–C–C–N with tert-alkyl or cyclic N) is 1. The van der Waals surface area contributed by atoms with E-state index in [0.29, 0.717) is 38.2 Å². The number of aliphatic hydroxyl groups is 1. The number of aliphatic hydroxyl groups excluding tert-OH is 1. The molecule has 1 amide bonds. The molecular formula is C29H38ClF2N5O2S. The smallest absolute Gasteiger partial charge is 0.276 e. The number of halogens is 3. The SMILES string of the molecule is O=C1CCCN1c1ccc(SN2CCN(c3cc(C(F)(F)C4CCCCC4)cc(Cl)n3)CC2)cc1.OC1CNC1. The second kappa shape index (κ2) is 13.3. The third-order valence-corrected chi connectivity index (χ3v) is 9.36. The summed E-state index contributed by atoms with van der Waals surface area (Å²) in [5, 5.41) is 11.4. The van der Waals surface area contributed by atoms with Crippen molar-refractivity contribution in [1.29, 1.82) is 0 Å². The van der Waals surface area contributed by atoms with Gasteiger partial charge in [0.15, 0.2) is 0 Å². The van der Waals surface area contributed by atoms with Crippen LogP contribution in [-0.2, 0) is 10.7 Å². The molecule has 0 unspecified atom stereocenters. The second-order valence-electron chi connectivity index (χ2n) is 11.0. The summed E-state index contributed by atoms with van der Waals surface area (Å²) in [6, 6.07) is 11.0. The molecule has 0 bridgehead atoms. The summed E-state index contributed by atoms with van der Waals surface area (Å²) in [4.78, 5) is 21.3. The van der Waals surface area contributed by atoms with E-state index in [1.807, 2.05) is 21.9 Å². The van der Waals surface area contributed by atoms with Crippen LogP contribution in [-0.4, -0.2) is 72.2 Å². The van der Waals surface area contributed by atoms with E-state index in [-0.39, 0.29) is 22.7 Å². The van der Waals surface area contributed by atoms with Crippen molar-refractivity contribution in [2.45, 2.75) is 61.9 Å². The molecule has 4 heterocycles. The van der Waals surface area contributed by atoms with E-state index in [4.69, 9.17) is 16.7 Å². The van der Waals surface area contributed by atoms with E-state index in [0.717, 1.165) is 69.0 Å². The lowest BCUT2D eigenvalue weighted by molar-refractivity contribution is -0.117. The van der Waals surface area contributed by atoms with Crippen LogP contribution in [0.15, 0.2) is 41.3 Å². The van der Waals surface area contributed by atoms with E-state index in [2.05, 4.69) is 26.7 Å². The number of nitrogens with zero attached hydrogens (tertiary/aromatic N) is 4. The quantitative estimate of drug-likeness (QED) is 0.347. The first-order valence-electron chi connectivity index (χ1n) is 14.3. The highest BCUT2D eigenvalue weighted by molar-refractivity contribution is 7.97. The molecule has 40 heavy (non-hydrogen) atoms. The number of aromatic nitrogens is 1. The Morgan fingerprint density at radius 1 is 0.975 bits per heavy atom. The summed E-state index contributed by atoms with van der Waals surface area (Å²) in [6.45, 7) is 5.31. The Hall–Kier alpha value is -1.98. The third-order valence-electron chi connectivity index (χ3n) is 8.06. The van der Waals surface area contributed by atoms with Crippen LogP contribution < -0.4 is 15.1 Å². The van der Waals surface area contributed by atoms with Crippen molar-refractivity contribution in [3.8, 4) is 0 Å². The van der Waals surface area contributed by atoms with Crippen molar-refractivity contribution >= 4 is 41.0 Å². The lowest BCUT2D eigenvalue weighted by atomic mass is 9.82. The minimum Gasteiger partial charge on any atom is -0.390 e. The maximum atomic E-state index is 15.3. The van der Waals surface area contributed by atoms with E-state index >= 15 is 8.78 Å². The molecular weight excluding hydrogens is 556 g/mol. The highest BCUT2D eigenvalue weighted by Crippen LogP contribution is 2.44. The van der Waals surface area contributed by atoms with Gasteiger partial charge in [-0.2, -0.15) is 0 Å². The van der Waals surface area contributed by atoms with Gasteiger partial charge in [-0.1, -0.05) is 30.9 Å². The maximum absolute atomic E-state index is 15.3. The predicted octanol–water partition coefficient (Wildman–Crippen LogP) is 5.31. The topological polar surface area (TPSA) is 71.9 Å². The number of carbonyl (C=O) groups is 1. The average Bonchev–Trinajstić information content (AvgIpc) is 3.39. The van der Waals surface area contributed by atoms with E-state index in [1.165, 1.54) is 6.07 Å². The molecule has 7 nitrogen and oxygen atoms in total. The van der Waals surface area contributed by atoms with Gasteiger partial charge in [0, 0.05) is 74.3 Å². The number of hydrogen-bond acceptors (Lipinski definition) is 7. The van der Waals surface area contributed by atoms with Crippen LogP contribution in [0.5, 0.6) is 0 Å². The Morgan fingerprint density at radius 2 is 1.65 bits per heavy atom. The molecule has 4 aliphatic rings. The zero-order valence-corrected chi connectivity index (χ0v) is 24.3. The number of amides is 1. The van der Waals surface area contributed by atoms with Crippen LogP contribution in [0.2, 0.25) is 5.15 Å². The molecule has 0 spiro atoms. The molecule has 1 aromatic carbocycles. The molecule has 1 aliphatic carbocycles. The Balaban J connectivity index is 0.000000582. The van der Waals surface area contributed by atoms with Crippen LogP contribution >= 0.6 is 23.5 Å². The zero-order valence-electron chi connectivity index (χ0n) is 22.7. The van der Waals surface area contributed by atoms with Crippen molar-refractivity contribution in [1.82, 2.24) is 14.6 Å². The van der Waals surface area contributed by atoms with Gasteiger partial charge in [0.1, 0.15) is 11.0 Å². The molecule has 2 aromatic rings. The van der Waals surface area contributed by atoms with Crippen molar-refractivity contribution < 1.29 is 18.7 Å². The Labute approximate surface area is 244 Å². The molecule has 11 heteroatoms. The van der Waals surface area contributed by atoms with Crippen molar-refractivity contribution in [3.05, 3.63) is 47.1 Å². The van der Waals surface area contributed by atoms with Crippen LogP contribution in [0, 0.1) is 5.92 Å². The standard InChI is InChI=1S/C26H31ClF2N4OS.C3H7NO/c27-23-17-20(26(28,29)19-5-2-1-3-6-19)18-24(30-23)31-13-15-32(16-14-31)35-22-10-8-21(9-11-22)33-12-4-7-25(33)34;5-3-1-4-2-3/h8-11,17-19H,1-7,12-16H2;3-5H,1-2H2.